The summed E-state index contributed by atoms with van der Waals surface area (Å²) in [5.74, 6) is -1.33. The first kappa shape index (κ1) is 31.9. The summed E-state index contributed by atoms with van der Waals surface area (Å²) >= 11 is 0. The fraction of sp³-hybridized carbons (Fsp3) is 0.300. The van der Waals surface area contributed by atoms with Gasteiger partial charge in [0.25, 0.3) is 11.8 Å². The molecular weight excluding hydrogens is 1080 g/mol. The summed E-state index contributed by atoms with van der Waals surface area (Å²) < 4.78 is 18.9. The van der Waals surface area contributed by atoms with Gasteiger partial charge in [0.2, 0.25) is 0 Å². The number of amides is 2. The smallest absolute Gasteiger partial charge is 0.262 e. The third kappa shape index (κ3) is 6.06. The number of imide groups is 1. The summed E-state index contributed by atoms with van der Waals surface area (Å²) in [7, 11) is -1.90. The molecule has 6 unspecified atom stereocenters. The van der Waals surface area contributed by atoms with E-state index in [1.807, 2.05) is 0 Å². The third-order valence-corrected chi connectivity index (χ3v) is 6.71. The Balaban J connectivity index is 0.00000171. The molecule has 12 heteroatoms. The predicted octanol–water partition coefficient (Wildman–Crippen LogP) is -0.102. The van der Waals surface area contributed by atoms with Crippen molar-refractivity contribution in [3.05, 3.63) is 65.7 Å². The number of carbonyl (C=O) groups excluding carboxylic acids is 2. The fourth-order valence-electron chi connectivity index (χ4n) is 3.69. The van der Waals surface area contributed by atoms with Crippen LogP contribution in [0.2, 0.25) is 0 Å². The van der Waals surface area contributed by atoms with E-state index in [4.69, 9.17) is 4.74 Å². The Morgan fingerprint density at radius 1 is 0.844 bits per heavy atom. The Morgan fingerprint density at radius 3 is 1.84 bits per heavy atom. The fourth-order valence-corrected chi connectivity index (χ4v) is 5.16. The number of hydrogen-bond donors (Lipinski definition) is 3. The van der Waals surface area contributed by atoms with Gasteiger partial charge in [0.1, 0.15) is 24.4 Å². The van der Waals surface area contributed by atoms with Crippen molar-refractivity contribution in [3.8, 4) is 0 Å². The maximum Gasteiger partial charge on any atom is 0.262 e. The number of aliphatic hydroxyl groups excluding tert-OH is 3. The molecule has 2 aliphatic heterocycles. The van der Waals surface area contributed by atoms with Crippen molar-refractivity contribution < 1.29 is 166 Å². The average molecular weight is 1100 g/mol. The molecule has 0 bridgehead atoms. The summed E-state index contributed by atoms with van der Waals surface area (Å²) in [5.41, 5.74) is -1.02. The molecule has 8 nitrogen and oxygen atoms in total. The second-order valence-corrected chi connectivity index (χ2v) is 8.36. The van der Waals surface area contributed by atoms with Crippen LogP contribution in [0.1, 0.15) is 20.7 Å². The van der Waals surface area contributed by atoms with Crippen LogP contribution in [-0.4, -0.2) is 72.6 Å². The number of fused-ring (bicyclic) bond motifs is 1. The van der Waals surface area contributed by atoms with Gasteiger partial charge < -0.3 is 20.1 Å². The van der Waals surface area contributed by atoms with Crippen LogP contribution in [0.25, 0.3) is 0 Å². The van der Waals surface area contributed by atoms with E-state index in [9.17, 15) is 29.1 Å². The molecule has 3 radical (unpaired) electrons. The number of rotatable bonds is 4. The number of ether oxygens (including phenoxy) is 1. The molecule has 0 saturated carbocycles. The molecule has 161 valence electrons. The first-order chi connectivity index (χ1) is 14.0. The van der Waals surface area contributed by atoms with E-state index in [0.717, 1.165) is 4.90 Å². The number of carbonyl (C=O) groups is 2. The van der Waals surface area contributed by atoms with Crippen molar-refractivity contribution in [3.63, 3.8) is 0 Å². The number of benzene rings is 2. The van der Waals surface area contributed by atoms with Crippen molar-refractivity contribution in [2.75, 3.05) is 6.61 Å². The Kier molecular flexibility index (Phi) is 14.0. The van der Waals surface area contributed by atoms with E-state index in [2.05, 4.69) is 0 Å². The standard InChI is InChI=1S/C20H19NO7S.3Ac/c22-10-14-16(23)17(24)15(20(28-14)29(27)11-6-2-1-3-7-11)21-18(25)12-8-4-5-9-13(12)19(21)26;;;/h1-9,14-17,20,22-24H,10H2;;;. The second kappa shape index (κ2) is 14.0. The van der Waals surface area contributed by atoms with Crippen LogP contribution in [-0.2, 0) is 15.5 Å². The van der Waals surface area contributed by atoms with Crippen molar-refractivity contribution in [1.29, 1.82) is 0 Å². The predicted molar refractivity (Wildman–Crippen MR) is 101 cm³/mol. The van der Waals surface area contributed by atoms with Crippen LogP contribution in [0.15, 0.2) is 59.5 Å². The van der Waals surface area contributed by atoms with Crippen LogP contribution in [0.4, 0.5) is 0 Å². The maximum absolute atomic E-state index is 13.2. The van der Waals surface area contributed by atoms with Gasteiger partial charge in [-0.3, -0.25) is 18.7 Å². The molecule has 32 heavy (non-hydrogen) atoms. The molecule has 2 aliphatic rings. The quantitative estimate of drug-likeness (QED) is 0.366. The van der Waals surface area contributed by atoms with Gasteiger partial charge in [-0.15, -0.1) is 0 Å². The molecule has 2 aromatic carbocycles. The van der Waals surface area contributed by atoms with Crippen LogP contribution >= 0.6 is 0 Å². The second-order valence-electron chi connectivity index (χ2n) is 6.83. The molecule has 0 aliphatic carbocycles. The van der Waals surface area contributed by atoms with Gasteiger partial charge >= 0.3 is 0 Å². The molecular formula is C20H19Ac3NO7S. The normalized spacial score (nSPS) is 27.5. The minimum atomic E-state index is -1.90. The van der Waals surface area contributed by atoms with Crippen molar-refractivity contribution >= 4 is 22.6 Å². The molecule has 3 N–H and O–H groups in total. The molecule has 0 aromatic heterocycles. The molecule has 2 amide bonds. The zero-order valence-corrected chi connectivity index (χ0v) is 31.9. The van der Waals surface area contributed by atoms with Crippen molar-refractivity contribution in [2.45, 2.75) is 34.7 Å². The summed E-state index contributed by atoms with van der Waals surface area (Å²) in [6.45, 7) is -0.629. The van der Waals surface area contributed by atoms with Gasteiger partial charge in [-0.2, -0.15) is 0 Å². The summed E-state index contributed by atoms with van der Waals surface area (Å²) in [6, 6.07) is 13.0. The number of hydrogen-bond acceptors (Lipinski definition) is 7. The molecule has 2 heterocycles. The van der Waals surface area contributed by atoms with Crippen LogP contribution in [0.3, 0.4) is 0 Å². The minimum absolute atomic E-state index is 0. The van der Waals surface area contributed by atoms with E-state index in [1.54, 1.807) is 42.5 Å². The topological polar surface area (TPSA) is 124 Å². The number of aliphatic hydroxyl groups is 3. The SMILES string of the molecule is O=C1c2ccccc2C(=O)N1C1C(O)C(O)C(CO)OC1S(=O)c1ccccc1.[Ac].[Ac].[Ac]. The molecule has 2 aromatic rings. The Labute approximate surface area is 295 Å². The largest absolute Gasteiger partial charge is 0.394 e. The Morgan fingerprint density at radius 2 is 1.34 bits per heavy atom. The Hall–Kier alpha value is 1.89. The summed E-state index contributed by atoms with van der Waals surface area (Å²) in [6.07, 6.45) is -4.44. The van der Waals surface area contributed by atoms with E-state index >= 15 is 0 Å². The molecule has 1 saturated heterocycles. The van der Waals surface area contributed by atoms with Gasteiger partial charge in [-0.1, -0.05) is 30.3 Å². The average Bonchev–Trinajstić information content (AvgIpc) is 3.00. The van der Waals surface area contributed by atoms with Gasteiger partial charge in [-0.05, 0) is 24.3 Å². The monoisotopic (exact) mass is 1100 g/mol. The van der Waals surface area contributed by atoms with E-state index in [1.165, 1.54) is 12.1 Å². The van der Waals surface area contributed by atoms with Crippen LogP contribution in [0.5, 0.6) is 0 Å². The van der Waals surface area contributed by atoms with Gasteiger partial charge in [0.05, 0.1) is 28.5 Å². The maximum atomic E-state index is 13.2. The van der Waals surface area contributed by atoms with Crippen LogP contribution in [0, 0.1) is 132 Å². The summed E-state index contributed by atoms with van der Waals surface area (Å²) in [5, 5.41) is 30.6. The molecule has 0 spiro atoms. The molecule has 1 fully saturated rings. The third-order valence-electron chi connectivity index (χ3n) is 5.16. The Bertz CT molecular complexity index is 946. The zero-order chi connectivity index (χ0) is 20.7. The number of nitrogens with zero attached hydrogens (tertiary/aromatic N) is 1. The van der Waals surface area contributed by atoms with Gasteiger partial charge in [-0.25, -0.2) is 0 Å². The first-order valence-corrected chi connectivity index (χ1v) is 10.2. The van der Waals surface area contributed by atoms with Crippen molar-refractivity contribution in [2.24, 2.45) is 0 Å². The van der Waals surface area contributed by atoms with E-state index < -0.39 is 59.0 Å². The van der Waals surface area contributed by atoms with Crippen molar-refractivity contribution in [1.82, 2.24) is 4.90 Å². The minimum Gasteiger partial charge on any atom is -0.394 e. The van der Waals surface area contributed by atoms with Crippen LogP contribution < -0.4 is 0 Å². The molecule has 4 rings (SSSR count). The summed E-state index contributed by atoms with van der Waals surface area (Å²) in [4.78, 5) is 27.0. The van der Waals surface area contributed by atoms with Gasteiger partial charge in [0.15, 0.2) is 5.44 Å². The van der Waals surface area contributed by atoms with E-state index in [0.29, 0.717) is 4.90 Å². The van der Waals surface area contributed by atoms with Gasteiger partial charge in [0, 0.05) is 137 Å². The zero-order valence-electron chi connectivity index (χ0n) is 16.9. The van der Waals surface area contributed by atoms with E-state index in [-0.39, 0.29) is 143 Å². The first-order valence-electron chi connectivity index (χ1n) is 9.00. The molecule has 6 atom stereocenters.